The molecule has 0 spiro atoms. The molecule has 1 aliphatic heterocycles. The Morgan fingerprint density at radius 2 is 2.18 bits per heavy atom. The minimum absolute atomic E-state index is 0.127. The molecule has 0 aromatic heterocycles. The average Bonchev–Trinajstić information content (AvgIpc) is 2.06. The molecule has 0 bridgehead atoms. The number of hydroxylamine groups is 1. The largest absolute Gasteiger partial charge is 0.368 e. The monoisotopic (exact) mass is 175 g/mol. The van der Waals surface area contributed by atoms with E-state index < -0.39 is 0 Å². The van der Waals surface area contributed by atoms with Crippen LogP contribution < -0.4 is 11.2 Å². The van der Waals surface area contributed by atoms with Gasteiger partial charge in [0.25, 0.3) is 0 Å². The zero-order valence-corrected chi connectivity index (χ0v) is 7.10. The number of aliphatic imine (C=N–C) groups is 1. The summed E-state index contributed by atoms with van der Waals surface area (Å²) < 4.78 is 0. The zero-order chi connectivity index (χ0) is 8.10. The second-order valence-electron chi connectivity index (χ2n) is 2.47. The molecule has 4 N–H and O–H groups in total. The van der Waals surface area contributed by atoms with Crippen LogP contribution in [-0.4, -0.2) is 28.7 Å². The van der Waals surface area contributed by atoms with E-state index in [1.807, 2.05) is 17.2 Å². The van der Waals surface area contributed by atoms with Gasteiger partial charge in [0.05, 0.1) is 6.04 Å². The van der Waals surface area contributed by atoms with Gasteiger partial charge in [-0.2, -0.15) is 11.8 Å². The Bertz CT molecular complexity index is 145. The molecule has 0 amide bonds. The molecule has 1 saturated heterocycles. The van der Waals surface area contributed by atoms with Crippen molar-refractivity contribution in [1.82, 2.24) is 5.48 Å². The number of thioether (sulfide) groups is 1. The van der Waals surface area contributed by atoms with Crippen LogP contribution in [0, 0.1) is 0 Å². The number of nitrogens with one attached hydrogen (secondary N) is 1. The van der Waals surface area contributed by atoms with E-state index in [0.717, 1.165) is 24.3 Å². The number of hydrogen-bond donors (Lipinski definition) is 3. The highest BCUT2D eigenvalue weighted by molar-refractivity contribution is 7.99. The standard InChI is InChI=1S/C6H13N3OS/c7-6(9-10)8-5-1-3-11-4-2-5/h5,10H,1-4H2,(H3,7,8,9). The van der Waals surface area contributed by atoms with Crippen LogP contribution in [0.2, 0.25) is 0 Å². The lowest BCUT2D eigenvalue weighted by atomic mass is 10.2. The van der Waals surface area contributed by atoms with Crippen LogP contribution in [0.4, 0.5) is 0 Å². The number of nitrogens with zero attached hydrogens (tertiary/aromatic N) is 1. The molecular weight excluding hydrogens is 162 g/mol. The first kappa shape index (κ1) is 8.67. The van der Waals surface area contributed by atoms with Gasteiger partial charge in [0.15, 0.2) is 0 Å². The van der Waals surface area contributed by atoms with Gasteiger partial charge in [0.2, 0.25) is 5.96 Å². The Labute approximate surface area is 70.2 Å². The van der Waals surface area contributed by atoms with Gasteiger partial charge in [0.1, 0.15) is 0 Å². The Hall–Kier alpha value is -0.420. The van der Waals surface area contributed by atoms with Crippen molar-refractivity contribution in [1.29, 1.82) is 0 Å². The second-order valence-corrected chi connectivity index (χ2v) is 3.69. The third-order valence-electron chi connectivity index (χ3n) is 1.63. The maximum Gasteiger partial charge on any atom is 0.213 e. The first-order valence-electron chi connectivity index (χ1n) is 3.64. The van der Waals surface area contributed by atoms with Crippen molar-refractivity contribution < 1.29 is 5.21 Å². The molecule has 0 saturated carbocycles. The molecule has 0 atom stereocenters. The third kappa shape index (κ3) is 2.98. The van der Waals surface area contributed by atoms with E-state index in [0.29, 0.717) is 6.04 Å². The predicted octanol–water partition coefficient (Wildman–Crippen LogP) is 0.175. The number of guanidine groups is 1. The Morgan fingerprint density at radius 1 is 1.55 bits per heavy atom. The molecule has 0 radical (unpaired) electrons. The van der Waals surface area contributed by atoms with Crippen LogP contribution in [0.25, 0.3) is 0 Å². The fourth-order valence-corrected chi connectivity index (χ4v) is 2.12. The van der Waals surface area contributed by atoms with Crippen LogP contribution in [0.1, 0.15) is 12.8 Å². The maximum absolute atomic E-state index is 8.35. The SMILES string of the molecule is NC(=NC1CCSCC1)NO. The lowest BCUT2D eigenvalue weighted by molar-refractivity contribution is 0.232. The summed E-state index contributed by atoms with van der Waals surface area (Å²) in [4.78, 5) is 4.07. The van der Waals surface area contributed by atoms with Gasteiger partial charge in [-0.1, -0.05) is 0 Å². The molecule has 64 valence electrons. The molecule has 0 aliphatic carbocycles. The smallest absolute Gasteiger partial charge is 0.213 e. The molecule has 1 fully saturated rings. The van der Waals surface area contributed by atoms with E-state index in [1.54, 1.807) is 0 Å². The van der Waals surface area contributed by atoms with Crippen LogP contribution >= 0.6 is 11.8 Å². The van der Waals surface area contributed by atoms with Gasteiger partial charge in [-0.3, -0.25) is 5.21 Å². The van der Waals surface area contributed by atoms with Crippen LogP contribution in [0.5, 0.6) is 0 Å². The summed E-state index contributed by atoms with van der Waals surface area (Å²) >= 11 is 1.94. The molecule has 1 aliphatic rings. The summed E-state index contributed by atoms with van der Waals surface area (Å²) in [6.07, 6.45) is 2.13. The van der Waals surface area contributed by atoms with Crippen LogP contribution in [0.15, 0.2) is 4.99 Å². The Morgan fingerprint density at radius 3 is 2.73 bits per heavy atom. The third-order valence-corrected chi connectivity index (χ3v) is 2.68. The maximum atomic E-state index is 8.35. The normalized spacial score (nSPS) is 21.7. The van der Waals surface area contributed by atoms with Gasteiger partial charge in [0, 0.05) is 0 Å². The first-order valence-corrected chi connectivity index (χ1v) is 4.79. The lowest BCUT2D eigenvalue weighted by Crippen LogP contribution is -2.31. The minimum Gasteiger partial charge on any atom is -0.368 e. The highest BCUT2D eigenvalue weighted by atomic mass is 32.2. The second kappa shape index (κ2) is 4.46. The molecule has 5 heteroatoms. The van der Waals surface area contributed by atoms with E-state index in [1.165, 1.54) is 0 Å². The molecular formula is C6H13N3OS. The molecule has 1 rings (SSSR count). The summed E-state index contributed by atoms with van der Waals surface area (Å²) in [7, 11) is 0. The van der Waals surface area contributed by atoms with E-state index in [2.05, 4.69) is 4.99 Å². The summed E-state index contributed by atoms with van der Waals surface area (Å²) in [5.41, 5.74) is 7.12. The van der Waals surface area contributed by atoms with Gasteiger partial charge >= 0.3 is 0 Å². The molecule has 0 aromatic rings. The zero-order valence-electron chi connectivity index (χ0n) is 6.29. The molecule has 11 heavy (non-hydrogen) atoms. The number of rotatable bonds is 1. The highest BCUT2D eigenvalue weighted by Gasteiger charge is 2.12. The lowest BCUT2D eigenvalue weighted by Gasteiger charge is -2.17. The fraction of sp³-hybridized carbons (Fsp3) is 0.833. The van der Waals surface area contributed by atoms with E-state index >= 15 is 0 Å². The summed E-state index contributed by atoms with van der Waals surface area (Å²) in [5, 5.41) is 8.35. The van der Waals surface area contributed by atoms with Crippen molar-refractivity contribution in [3.63, 3.8) is 0 Å². The molecule has 1 heterocycles. The Balaban J connectivity index is 2.34. The van der Waals surface area contributed by atoms with Crippen molar-refractivity contribution in [3.05, 3.63) is 0 Å². The van der Waals surface area contributed by atoms with E-state index in [-0.39, 0.29) is 5.96 Å². The topological polar surface area (TPSA) is 70.6 Å². The number of nitrogens with two attached hydrogens (primary N) is 1. The van der Waals surface area contributed by atoms with Gasteiger partial charge in [-0.15, -0.1) is 0 Å². The van der Waals surface area contributed by atoms with Crippen LogP contribution in [0.3, 0.4) is 0 Å². The van der Waals surface area contributed by atoms with Crippen molar-refractivity contribution in [3.8, 4) is 0 Å². The highest BCUT2D eigenvalue weighted by Crippen LogP contribution is 2.19. The first-order chi connectivity index (χ1) is 5.33. The molecule has 0 unspecified atom stereocenters. The summed E-state index contributed by atoms with van der Waals surface area (Å²) in [6, 6.07) is 0.302. The molecule has 4 nitrogen and oxygen atoms in total. The fourth-order valence-electron chi connectivity index (χ4n) is 1.04. The minimum atomic E-state index is 0.127. The quantitative estimate of drug-likeness (QED) is 0.302. The summed E-state index contributed by atoms with van der Waals surface area (Å²) in [6.45, 7) is 0. The predicted molar refractivity (Wildman–Crippen MR) is 46.9 cm³/mol. The summed E-state index contributed by atoms with van der Waals surface area (Å²) in [5.74, 6) is 2.42. The average molecular weight is 175 g/mol. The van der Waals surface area contributed by atoms with Gasteiger partial charge in [-0.25, -0.2) is 10.5 Å². The van der Waals surface area contributed by atoms with E-state index in [9.17, 15) is 0 Å². The van der Waals surface area contributed by atoms with Crippen molar-refractivity contribution in [2.45, 2.75) is 18.9 Å². The van der Waals surface area contributed by atoms with Gasteiger partial charge < -0.3 is 5.73 Å². The van der Waals surface area contributed by atoms with Crippen LogP contribution in [-0.2, 0) is 0 Å². The Kier molecular flexibility index (Phi) is 3.51. The van der Waals surface area contributed by atoms with Crippen molar-refractivity contribution in [2.24, 2.45) is 10.7 Å². The van der Waals surface area contributed by atoms with Crippen molar-refractivity contribution >= 4 is 17.7 Å². The van der Waals surface area contributed by atoms with Gasteiger partial charge in [-0.05, 0) is 24.3 Å². The van der Waals surface area contributed by atoms with Crippen molar-refractivity contribution in [2.75, 3.05) is 11.5 Å². The van der Waals surface area contributed by atoms with E-state index in [4.69, 9.17) is 10.9 Å². The molecule has 0 aromatic carbocycles. The number of hydrogen-bond acceptors (Lipinski definition) is 3.